The molecule has 0 bridgehead atoms. The van der Waals surface area contributed by atoms with Gasteiger partial charge in [-0.3, -0.25) is 4.79 Å². The summed E-state index contributed by atoms with van der Waals surface area (Å²) < 4.78 is 0. The van der Waals surface area contributed by atoms with Crippen molar-refractivity contribution in [3.8, 4) is 0 Å². The molecule has 0 saturated heterocycles. The molecule has 4 heteroatoms. The highest BCUT2D eigenvalue weighted by Gasteiger charge is 2.11. The van der Waals surface area contributed by atoms with Gasteiger partial charge < -0.3 is 11.1 Å². The second-order valence-corrected chi connectivity index (χ2v) is 4.47. The first-order chi connectivity index (χ1) is 8.08. The molecule has 1 aromatic carbocycles. The van der Waals surface area contributed by atoms with Crippen LogP contribution in [-0.2, 0) is 0 Å². The minimum atomic E-state index is -0.0262. The molecule has 0 aliphatic heterocycles. The van der Waals surface area contributed by atoms with Crippen LogP contribution in [0.2, 0.25) is 0 Å². The van der Waals surface area contributed by atoms with Gasteiger partial charge in [-0.2, -0.15) is 0 Å². The monoisotopic (exact) mass is 270 g/mol. The molecular weight excluding hydrogens is 248 g/mol. The van der Waals surface area contributed by atoms with Gasteiger partial charge in [0.1, 0.15) is 0 Å². The molecule has 0 unspecified atom stereocenters. The maximum Gasteiger partial charge on any atom is 0.251 e. The maximum absolute atomic E-state index is 12.0. The summed E-state index contributed by atoms with van der Waals surface area (Å²) in [6.07, 6.45) is 2.18. The molecule has 18 heavy (non-hydrogen) atoms. The Bertz CT molecular complexity index is 389. The van der Waals surface area contributed by atoms with Crippen molar-refractivity contribution in [3.63, 3.8) is 0 Å². The smallest absolute Gasteiger partial charge is 0.251 e. The van der Waals surface area contributed by atoms with Crippen molar-refractivity contribution in [1.82, 2.24) is 5.32 Å². The van der Waals surface area contributed by atoms with Gasteiger partial charge in [-0.15, -0.1) is 12.4 Å². The molecule has 1 amide bonds. The Morgan fingerprint density at radius 2 is 1.94 bits per heavy atom. The number of anilines is 1. The summed E-state index contributed by atoms with van der Waals surface area (Å²) in [7, 11) is 0. The number of amides is 1. The van der Waals surface area contributed by atoms with Gasteiger partial charge in [0.25, 0.3) is 5.91 Å². The van der Waals surface area contributed by atoms with Gasteiger partial charge >= 0.3 is 0 Å². The Morgan fingerprint density at radius 1 is 1.33 bits per heavy atom. The van der Waals surface area contributed by atoms with Crippen molar-refractivity contribution in [2.24, 2.45) is 5.92 Å². The standard InChI is InChI=1S/C14H22N2O.ClH/c1-4-11(5-2)9-16-14(17)13-8-12(15)7-6-10(13)3;/h6-8,11H,4-5,9,15H2,1-3H3,(H,16,17);1H. The number of hydrogen-bond acceptors (Lipinski definition) is 2. The van der Waals surface area contributed by atoms with Crippen molar-refractivity contribution < 1.29 is 4.79 Å². The highest BCUT2D eigenvalue weighted by atomic mass is 35.5. The van der Waals surface area contributed by atoms with Crippen LogP contribution in [0.25, 0.3) is 0 Å². The van der Waals surface area contributed by atoms with Gasteiger partial charge in [0, 0.05) is 17.8 Å². The van der Waals surface area contributed by atoms with Gasteiger partial charge in [-0.1, -0.05) is 32.8 Å². The van der Waals surface area contributed by atoms with Gasteiger partial charge in [0.05, 0.1) is 0 Å². The molecule has 3 N–H and O–H groups in total. The predicted molar refractivity (Wildman–Crippen MR) is 79.2 cm³/mol. The van der Waals surface area contributed by atoms with E-state index in [-0.39, 0.29) is 18.3 Å². The zero-order valence-corrected chi connectivity index (χ0v) is 12.1. The minimum absolute atomic E-state index is 0. The molecule has 0 aromatic heterocycles. The normalized spacial score (nSPS) is 10.0. The van der Waals surface area contributed by atoms with E-state index in [9.17, 15) is 4.79 Å². The third kappa shape index (κ3) is 4.57. The first-order valence-electron chi connectivity index (χ1n) is 6.22. The van der Waals surface area contributed by atoms with Crippen molar-refractivity contribution in [1.29, 1.82) is 0 Å². The quantitative estimate of drug-likeness (QED) is 0.808. The van der Waals surface area contributed by atoms with Gasteiger partial charge in [0.15, 0.2) is 0 Å². The minimum Gasteiger partial charge on any atom is -0.399 e. The second kappa shape index (κ2) is 7.98. The molecule has 0 fully saturated rings. The van der Waals surface area contributed by atoms with E-state index in [1.807, 2.05) is 19.1 Å². The fourth-order valence-corrected chi connectivity index (χ4v) is 1.79. The van der Waals surface area contributed by atoms with E-state index in [0.29, 0.717) is 17.2 Å². The van der Waals surface area contributed by atoms with E-state index in [2.05, 4.69) is 19.2 Å². The van der Waals surface area contributed by atoms with Gasteiger partial charge in [0.2, 0.25) is 0 Å². The molecule has 0 aliphatic carbocycles. The van der Waals surface area contributed by atoms with Crippen molar-refractivity contribution >= 4 is 24.0 Å². The van der Waals surface area contributed by atoms with Crippen LogP contribution < -0.4 is 11.1 Å². The van der Waals surface area contributed by atoms with Crippen molar-refractivity contribution in [2.45, 2.75) is 33.6 Å². The molecule has 0 radical (unpaired) electrons. The Kier molecular flexibility index (Phi) is 7.44. The summed E-state index contributed by atoms with van der Waals surface area (Å²) in [6, 6.07) is 5.42. The van der Waals surface area contributed by atoms with E-state index in [1.54, 1.807) is 6.07 Å². The third-order valence-corrected chi connectivity index (χ3v) is 3.21. The number of nitrogens with two attached hydrogens (primary N) is 1. The van der Waals surface area contributed by atoms with Crippen LogP contribution in [0, 0.1) is 12.8 Å². The zero-order chi connectivity index (χ0) is 12.8. The summed E-state index contributed by atoms with van der Waals surface area (Å²) >= 11 is 0. The first kappa shape index (κ1) is 16.8. The molecule has 0 aliphatic rings. The highest BCUT2D eigenvalue weighted by Crippen LogP contribution is 2.13. The summed E-state index contributed by atoms with van der Waals surface area (Å²) in [4.78, 5) is 12.0. The lowest BCUT2D eigenvalue weighted by molar-refractivity contribution is 0.0946. The number of nitrogens with one attached hydrogen (secondary N) is 1. The number of rotatable bonds is 5. The lowest BCUT2D eigenvalue weighted by Gasteiger charge is -2.14. The Labute approximate surface area is 116 Å². The van der Waals surface area contributed by atoms with Gasteiger partial charge in [-0.05, 0) is 30.5 Å². The largest absolute Gasteiger partial charge is 0.399 e. The fraction of sp³-hybridized carbons (Fsp3) is 0.500. The lowest BCUT2D eigenvalue weighted by atomic mass is 10.0. The molecule has 102 valence electrons. The molecule has 0 spiro atoms. The summed E-state index contributed by atoms with van der Waals surface area (Å²) in [5.41, 5.74) is 7.96. The van der Waals surface area contributed by atoms with Crippen molar-refractivity contribution in [2.75, 3.05) is 12.3 Å². The number of aryl methyl sites for hydroxylation is 1. The molecule has 1 aromatic rings. The molecule has 3 nitrogen and oxygen atoms in total. The average Bonchev–Trinajstić information content (AvgIpc) is 2.33. The number of nitrogen functional groups attached to an aromatic ring is 1. The number of carbonyl (C=O) groups excluding carboxylic acids is 1. The number of halogens is 1. The van der Waals surface area contributed by atoms with Crippen LogP contribution in [-0.4, -0.2) is 12.5 Å². The lowest BCUT2D eigenvalue weighted by Crippen LogP contribution is -2.29. The fourth-order valence-electron chi connectivity index (χ4n) is 1.79. The predicted octanol–water partition coefficient (Wildman–Crippen LogP) is 3.17. The van der Waals surface area contributed by atoms with Gasteiger partial charge in [-0.25, -0.2) is 0 Å². The Balaban J connectivity index is 0.00000289. The second-order valence-electron chi connectivity index (χ2n) is 4.47. The summed E-state index contributed by atoms with van der Waals surface area (Å²) in [5, 5.41) is 2.97. The summed E-state index contributed by atoms with van der Waals surface area (Å²) in [6.45, 7) is 6.95. The molecule has 0 saturated carbocycles. The van der Waals surface area contributed by atoms with E-state index < -0.39 is 0 Å². The van der Waals surface area contributed by atoms with E-state index in [0.717, 1.165) is 24.9 Å². The average molecular weight is 271 g/mol. The highest BCUT2D eigenvalue weighted by molar-refractivity contribution is 5.96. The van der Waals surface area contributed by atoms with Crippen LogP contribution in [0.15, 0.2) is 18.2 Å². The number of benzene rings is 1. The van der Waals surface area contributed by atoms with E-state index >= 15 is 0 Å². The van der Waals surface area contributed by atoms with Crippen molar-refractivity contribution in [3.05, 3.63) is 29.3 Å². The van der Waals surface area contributed by atoms with Crippen LogP contribution in [0.1, 0.15) is 42.6 Å². The van der Waals surface area contributed by atoms with Crippen LogP contribution in [0.3, 0.4) is 0 Å². The Morgan fingerprint density at radius 3 is 2.50 bits per heavy atom. The maximum atomic E-state index is 12.0. The molecule has 1 rings (SSSR count). The first-order valence-corrected chi connectivity index (χ1v) is 6.22. The zero-order valence-electron chi connectivity index (χ0n) is 11.3. The van der Waals surface area contributed by atoms with Crippen LogP contribution in [0.4, 0.5) is 5.69 Å². The third-order valence-electron chi connectivity index (χ3n) is 3.21. The van der Waals surface area contributed by atoms with Crippen LogP contribution >= 0.6 is 12.4 Å². The molecule has 0 heterocycles. The summed E-state index contributed by atoms with van der Waals surface area (Å²) in [5.74, 6) is 0.530. The topological polar surface area (TPSA) is 55.1 Å². The molecular formula is C14H23ClN2O. The van der Waals surface area contributed by atoms with E-state index in [4.69, 9.17) is 5.73 Å². The van der Waals surface area contributed by atoms with E-state index in [1.165, 1.54) is 0 Å². The number of carbonyl (C=O) groups is 1. The van der Waals surface area contributed by atoms with Crippen LogP contribution in [0.5, 0.6) is 0 Å². The number of hydrogen-bond donors (Lipinski definition) is 2. The Hall–Kier alpha value is -1.22. The molecule has 0 atom stereocenters. The SMILES string of the molecule is CCC(CC)CNC(=O)c1cc(N)ccc1C.Cl.